The van der Waals surface area contributed by atoms with E-state index in [1.807, 2.05) is 0 Å². The fourth-order valence-corrected chi connectivity index (χ4v) is 3.14. The Balaban J connectivity index is 2.17. The third kappa shape index (κ3) is 3.98. The lowest BCUT2D eigenvalue weighted by atomic mass is 9.94. The second-order valence-corrected chi connectivity index (χ2v) is 6.87. The van der Waals surface area contributed by atoms with Gasteiger partial charge in [-0.3, -0.25) is 4.90 Å². The minimum atomic E-state index is 0.180. The summed E-state index contributed by atoms with van der Waals surface area (Å²) in [6.07, 6.45) is 2.48. The molecule has 1 aromatic carbocycles. The van der Waals surface area contributed by atoms with Crippen LogP contribution in [0.3, 0.4) is 0 Å². The van der Waals surface area contributed by atoms with Crippen LogP contribution >= 0.6 is 0 Å². The molecule has 1 fully saturated rings. The molecule has 0 radical (unpaired) electrons. The number of benzene rings is 1. The molecule has 2 rings (SSSR count). The van der Waals surface area contributed by atoms with Crippen molar-refractivity contribution in [2.45, 2.75) is 58.7 Å². The first-order valence-corrected chi connectivity index (χ1v) is 8.08. The minimum Gasteiger partial charge on any atom is -0.496 e. The molecule has 0 bridgehead atoms. The van der Waals surface area contributed by atoms with Gasteiger partial charge in [-0.25, -0.2) is 0 Å². The fraction of sp³-hybridized carbons (Fsp3) is 0.667. The standard InChI is InChI=1S/C18H30N2O/c1-6-7-16-12-20(18(3,4)13-19-16)11-15-10-14(2)8-9-17(15)21-5/h8-10,16,19H,6-7,11-13H2,1-5H3. The average Bonchev–Trinajstić information content (AvgIpc) is 2.43. The molecule has 1 atom stereocenters. The number of aryl methyl sites for hydroxylation is 1. The molecule has 3 nitrogen and oxygen atoms in total. The maximum absolute atomic E-state index is 5.54. The van der Waals surface area contributed by atoms with Crippen molar-refractivity contribution in [3.05, 3.63) is 29.3 Å². The molecule has 0 amide bonds. The van der Waals surface area contributed by atoms with E-state index in [2.05, 4.69) is 56.1 Å². The number of ether oxygens (including phenoxy) is 1. The van der Waals surface area contributed by atoms with Crippen LogP contribution in [0.2, 0.25) is 0 Å². The Morgan fingerprint density at radius 2 is 2.14 bits per heavy atom. The van der Waals surface area contributed by atoms with Gasteiger partial charge in [-0.2, -0.15) is 0 Å². The smallest absolute Gasteiger partial charge is 0.123 e. The monoisotopic (exact) mass is 290 g/mol. The Morgan fingerprint density at radius 3 is 2.81 bits per heavy atom. The first-order valence-electron chi connectivity index (χ1n) is 8.08. The van der Waals surface area contributed by atoms with Gasteiger partial charge in [0, 0.05) is 36.8 Å². The molecule has 1 heterocycles. The van der Waals surface area contributed by atoms with Crippen molar-refractivity contribution in [1.82, 2.24) is 10.2 Å². The van der Waals surface area contributed by atoms with Crippen molar-refractivity contribution < 1.29 is 4.74 Å². The van der Waals surface area contributed by atoms with E-state index in [-0.39, 0.29) is 5.54 Å². The largest absolute Gasteiger partial charge is 0.496 e. The van der Waals surface area contributed by atoms with Crippen molar-refractivity contribution in [3.63, 3.8) is 0 Å². The summed E-state index contributed by atoms with van der Waals surface area (Å²) < 4.78 is 5.54. The molecule has 118 valence electrons. The Bertz CT molecular complexity index is 470. The lowest BCUT2D eigenvalue weighted by Crippen LogP contribution is -2.61. The summed E-state index contributed by atoms with van der Waals surface area (Å²) >= 11 is 0. The molecule has 3 heteroatoms. The Labute approximate surface area is 129 Å². The number of nitrogens with zero attached hydrogens (tertiary/aromatic N) is 1. The molecule has 0 aromatic heterocycles. The van der Waals surface area contributed by atoms with Crippen molar-refractivity contribution in [3.8, 4) is 5.75 Å². The van der Waals surface area contributed by atoms with Gasteiger partial charge >= 0.3 is 0 Å². The van der Waals surface area contributed by atoms with E-state index in [0.717, 1.165) is 25.4 Å². The van der Waals surface area contributed by atoms with Gasteiger partial charge in [-0.1, -0.05) is 31.0 Å². The van der Waals surface area contributed by atoms with Crippen molar-refractivity contribution in [2.24, 2.45) is 0 Å². The Kier molecular flexibility index (Phi) is 5.28. The molecule has 0 saturated carbocycles. The molecular weight excluding hydrogens is 260 g/mol. The molecule has 0 spiro atoms. The van der Waals surface area contributed by atoms with Crippen LogP contribution in [0.4, 0.5) is 0 Å². The van der Waals surface area contributed by atoms with E-state index >= 15 is 0 Å². The van der Waals surface area contributed by atoms with Gasteiger partial charge < -0.3 is 10.1 Å². The second kappa shape index (κ2) is 6.80. The van der Waals surface area contributed by atoms with Crippen LogP contribution in [0.25, 0.3) is 0 Å². The molecule has 0 aliphatic carbocycles. The Hall–Kier alpha value is -1.06. The van der Waals surface area contributed by atoms with Crippen LogP contribution in [0.15, 0.2) is 18.2 Å². The SMILES string of the molecule is CCCC1CN(Cc2cc(C)ccc2OC)C(C)(C)CN1. The molecule has 1 aliphatic heterocycles. The summed E-state index contributed by atoms with van der Waals surface area (Å²) in [7, 11) is 1.76. The van der Waals surface area contributed by atoms with Gasteiger partial charge in [0.2, 0.25) is 0 Å². The topological polar surface area (TPSA) is 24.5 Å². The fourth-order valence-electron chi connectivity index (χ4n) is 3.14. The molecule has 1 aliphatic rings. The summed E-state index contributed by atoms with van der Waals surface area (Å²) in [5, 5.41) is 3.69. The third-order valence-corrected chi connectivity index (χ3v) is 4.55. The van der Waals surface area contributed by atoms with Crippen LogP contribution in [0.1, 0.15) is 44.7 Å². The van der Waals surface area contributed by atoms with Crippen molar-refractivity contribution in [2.75, 3.05) is 20.2 Å². The molecule has 21 heavy (non-hydrogen) atoms. The number of piperazine rings is 1. The van der Waals surface area contributed by atoms with Crippen LogP contribution in [0.5, 0.6) is 5.75 Å². The normalized spacial score (nSPS) is 22.2. The molecule has 1 N–H and O–H groups in total. The zero-order chi connectivity index (χ0) is 15.5. The Morgan fingerprint density at radius 1 is 1.38 bits per heavy atom. The number of nitrogens with one attached hydrogen (secondary N) is 1. The van der Waals surface area contributed by atoms with Gasteiger partial charge in [-0.05, 0) is 33.3 Å². The quantitative estimate of drug-likeness (QED) is 0.900. The van der Waals surface area contributed by atoms with Crippen LogP contribution in [0, 0.1) is 6.92 Å². The van der Waals surface area contributed by atoms with E-state index in [9.17, 15) is 0 Å². The molecule has 1 aromatic rings. The zero-order valence-electron chi connectivity index (χ0n) is 14.2. The number of hydrogen-bond acceptors (Lipinski definition) is 3. The van der Waals surface area contributed by atoms with E-state index in [1.165, 1.54) is 24.0 Å². The molecule has 1 saturated heterocycles. The maximum Gasteiger partial charge on any atom is 0.123 e. The van der Waals surface area contributed by atoms with Gasteiger partial charge in [0.15, 0.2) is 0 Å². The van der Waals surface area contributed by atoms with E-state index in [0.29, 0.717) is 6.04 Å². The lowest BCUT2D eigenvalue weighted by Gasteiger charge is -2.46. The van der Waals surface area contributed by atoms with Crippen LogP contribution < -0.4 is 10.1 Å². The first-order chi connectivity index (χ1) is 9.96. The van der Waals surface area contributed by atoms with Gasteiger partial charge in [0.05, 0.1) is 7.11 Å². The number of hydrogen-bond donors (Lipinski definition) is 1. The first kappa shape index (κ1) is 16.3. The number of rotatable bonds is 5. The summed E-state index contributed by atoms with van der Waals surface area (Å²) in [6, 6.07) is 7.07. The van der Waals surface area contributed by atoms with E-state index in [1.54, 1.807) is 7.11 Å². The second-order valence-electron chi connectivity index (χ2n) is 6.87. The van der Waals surface area contributed by atoms with E-state index in [4.69, 9.17) is 4.74 Å². The van der Waals surface area contributed by atoms with E-state index < -0.39 is 0 Å². The predicted molar refractivity (Wildman–Crippen MR) is 88.9 cm³/mol. The van der Waals surface area contributed by atoms with Gasteiger partial charge in [0.25, 0.3) is 0 Å². The predicted octanol–water partition coefficient (Wildman–Crippen LogP) is 3.36. The average molecular weight is 290 g/mol. The van der Waals surface area contributed by atoms with Crippen molar-refractivity contribution >= 4 is 0 Å². The lowest BCUT2D eigenvalue weighted by molar-refractivity contribution is 0.0557. The third-order valence-electron chi connectivity index (χ3n) is 4.55. The summed E-state index contributed by atoms with van der Waals surface area (Å²) in [4.78, 5) is 2.60. The highest BCUT2D eigenvalue weighted by atomic mass is 16.5. The molecule has 1 unspecified atom stereocenters. The minimum absolute atomic E-state index is 0.180. The summed E-state index contributed by atoms with van der Waals surface area (Å²) in [5.74, 6) is 1.00. The highest BCUT2D eigenvalue weighted by Gasteiger charge is 2.33. The highest BCUT2D eigenvalue weighted by Crippen LogP contribution is 2.27. The number of methoxy groups -OCH3 is 1. The summed E-state index contributed by atoms with van der Waals surface area (Å²) in [6.45, 7) is 12.2. The van der Waals surface area contributed by atoms with Gasteiger partial charge in [-0.15, -0.1) is 0 Å². The van der Waals surface area contributed by atoms with Gasteiger partial charge in [0.1, 0.15) is 5.75 Å². The zero-order valence-corrected chi connectivity index (χ0v) is 14.2. The summed E-state index contributed by atoms with van der Waals surface area (Å²) in [5.41, 5.74) is 2.77. The molecular formula is C18H30N2O. The maximum atomic E-state index is 5.54. The van der Waals surface area contributed by atoms with Crippen LogP contribution in [-0.2, 0) is 6.54 Å². The van der Waals surface area contributed by atoms with Crippen LogP contribution in [-0.4, -0.2) is 36.7 Å². The van der Waals surface area contributed by atoms with Crippen molar-refractivity contribution in [1.29, 1.82) is 0 Å². The highest BCUT2D eigenvalue weighted by molar-refractivity contribution is 5.37.